The van der Waals surface area contributed by atoms with Crippen LogP contribution in [0.3, 0.4) is 0 Å². The summed E-state index contributed by atoms with van der Waals surface area (Å²) in [7, 11) is 0. The number of thiazole rings is 1. The summed E-state index contributed by atoms with van der Waals surface area (Å²) in [6.07, 6.45) is 2.54. The minimum atomic E-state index is -0.157. The number of nitrogens with one attached hydrogen (secondary N) is 1. The molecule has 0 radical (unpaired) electrons. The van der Waals surface area contributed by atoms with Crippen LogP contribution in [0.5, 0.6) is 0 Å². The van der Waals surface area contributed by atoms with E-state index in [0.717, 1.165) is 44.2 Å². The standard InChI is InChI=1S/C23H21N3OS/c1-3-18(16-8-5-4-6-9-16)21(27)25-19-12-11-17(14-15(19)2)22-26-20-10-7-13-24-23(20)28-22/h4-14,18H,3H2,1-2H3,(H,25,27). The van der Waals surface area contributed by atoms with Gasteiger partial charge in [-0.1, -0.05) is 48.6 Å². The number of amides is 1. The van der Waals surface area contributed by atoms with Crippen LogP contribution in [0.2, 0.25) is 0 Å². The van der Waals surface area contributed by atoms with Crippen molar-refractivity contribution in [3.8, 4) is 10.6 Å². The number of fused-ring (bicyclic) bond motifs is 1. The van der Waals surface area contributed by atoms with Gasteiger partial charge in [-0.05, 0) is 54.8 Å². The number of carbonyl (C=O) groups is 1. The molecule has 0 spiro atoms. The van der Waals surface area contributed by atoms with E-state index in [1.54, 1.807) is 17.5 Å². The van der Waals surface area contributed by atoms with Gasteiger partial charge in [0.1, 0.15) is 15.4 Å². The summed E-state index contributed by atoms with van der Waals surface area (Å²) in [5.41, 5.74) is 4.84. The molecular weight excluding hydrogens is 366 g/mol. The van der Waals surface area contributed by atoms with Crippen LogP contribution in [-0.2, 0) is 4.79 Å². The van der Waals surface area contributed by atoms with E-state index in [4.69, 9.17) is 0 Å². The molecule has 1 atom stereocenters. The zero-order valence-corrected chi connectivity index (χ0v) is 16.7. The number of rotatable bonds is 5. The van der Waals surface area contributed by atoms with Crippen molar-refractivity contribution in [1.29, 1.82) is 0 Å². The monoisotopic (exact) mass is 387 g/mol. The first-order valence-corrected chi connectivity index (χ1v) is 10.2. The maximum atomic E-state index is 12.8. The molecule has 0 aliphatic heterocycles. The summed E-state index contributed by atoms with van der Waals surface area (Å²) in [4.78, 5) is 22.8. The number of benzene rings is 2. The second-order valence-corrected chi connectivity index (χ2v) is 7.71. The fraction of sp³-hybridized carbons (Fsp3) is 0.174. The molecule has 5 heteroatoms. The average Bonchev–Trinajstić information content (AvgIpc) is 3.15. The Bertz CT molecular complexity index is 1090. The lowest BCUT2D eigenvalue weighted by atomic mass is 9.95. The molecule has 1 N–H and O–H groups in total. The van der Waals surface area contributed by atoms with E-state index >= 15 is 0 Å². The van der Waals surface area contributed by atoms with Crippen molar-refractivity contribution in [3.63, 3.8) is 0 Å². The number of aryl methyl sites for hydroxylation is 1. The van der Waals surface area contributed by atoms with Crippen molar-refractivity contribution in [2.24, 2.45) is 0 Å². The third kappa shape index (κ3) is 3.66. The van der Waals surface area contributed by atoms with Gasteiger partial charge in [-0.15, -0.1) is 0 Å². The minimum Gasteiger partial charge on any atom is -0.325 e. The van der Waals surface area contributed by atoms with Crippen LogP contribution in [0.25, 0.3) is 20.9 Å². The number of pyridine rings is 1. The van der Waals surface area contributed by atoms with Crippen molar-refractivity contribution in [1.82, 2.24) is 9.97 Å². The Balaban J connectivity index is 1.57. The second kappa shape index (κ2) is 7.90. The van der Waals surface area contributed by atoms with E-state index in [1.165, 1.54) is 0 Å². The highest BCUT2D eigenvalue weighted by Crippen LogP contribution is 2.31. The van der Waals surface area contributed by atoms with E-state index in [1.807, 2.05) is 68.4 Å². The number of aromatic nitrogens is 2. The van der Waals surface area contributed by atoms with Crippen LogP contribution in [0.15, 0.2) is 66.9 Å². The molecule has 2 aromatic heterocycles. The van der Waals surface area contributed by atoms with Crippen molar-refractivity contribution in [2.75, 3.05) is 5.32 Å². The van der Waals surface area contributed by atoms with Gasteiger partial charge < -0.3 is 5.32 Å². The summed E-state index contributed by atoms with van der Waals surface area (Å²) >= 11 is 1.58. The van der Waals surface area contributed by atoms with Gasteiger partial charge in [0.2, 0.25) is 5.91 Å². The molecule has 140 valence electrons. The third-order valence-electron chi connectivity index (χ3n) is 4.82. The van der Waals surface area contributed by atoms with Crippen LogP contribution >= 0.6 is 11.3 Å². The highest BCUT2D eigenvalue weighted by atomic mass is 32.1. The summed E-state index contributed by atoms with van der Waals surface area (Å²) in [5, 5.41) is 4.03. The lowest BCUT2D eigenvalue weighted by Crippen LogP contribution is -2.21. The first kappa shape index (κ1) is 18.3. The predicted molar refractivity (Wildman–Crippen MR) is 116 cm³/mol. The van der Waals surface area contributed by atoms with Crippen LogP contribution in [0.4, 0.5) is 5.69 Å². The number of hydrogen-bond acceptors (Lipinski definition) is 4. The van der Waals surface area contributed by atoms with E-state index in [-0.39, 0.29) is 11.8 Å². The molecule has 4 rings (SSSR count). The quantitative estimate of drug-likeness (QED) is 0.471. The first-order valence-electron chi connectivity index (χ1n) is 9.34. The van der Waals surface area contributed by atoms with E-state index in [0.29, 0.717) is 0 Å². The zero-order valence-electron chi connectivity index (χ0n) is 15.8. The van der Waals surface area contributed by atoms with Crippen molar-refractivity contribution in [2.45, 2.75) is 26.2 Å². The topological polar surface area (TPSA) is 54.9 Å². The minimum absolute atomic E-state index is 0.0220. The van der Waals surface area contributed by atoms with Crippen LogP contribution < -0.4 is 5.32 Å². The summed E-state index contributed by atoms with van der Waals surface area (Å²) < 4.78 is 0. The normalized spacial score (nSPS) is 12.1. The van der Waals surface area contributed by atoms with Crippen molar-refractivity contribution >= 4 is 33.3 Å². The summed E-state index contributed by atoms with van der Waals surface area (Å²) in [6.45, 7) is 4.04. The maximum Gasteiger partial charge on any atom is 0.231 e. The van der Waals surface area contributed by atoms with Gasteiger partial charge in [0, 0.05) is 17.4 Å². The molecule has 0 aliphatic carbocycles. The molecule has 0 fully saturated rings. The highest BCUT2D eigenvalue weighted by molar-refractivity contribution is 7.21. The number of hydrogen-bond donors (Lipinski definition) is 1. The van der Waals surface area contributed by atoms with Gasteiger partial charge in [0.25, 0.3) is 0 Å². The molecule has 1 unspecified atom stereocenters. The molecule has 2 heterocycles. The lowest BCUT2D eigenvalue weighted by molar-refractivity contribution is -0.117. The molecule has 4 aromatic rings. The fourth-order valence-corrected chi connectivity index (χ4v) is 4.21. The summed E-state index contributed by atoms with van der Waals surface area (Å²) in [6, 6.07) is 19.8. The highest BCUT2D eigenvalue weighted by Gasteiger charge is 2.19. The molecule has 1 amide bonds. The van der Waals surface area contributed by atoms with E-state index < -0.39 is 0 Å². The van der Waals surface area contributed by atoms with Gasteiger partial charge in [0.05, 0.1) is 5.92 Å². The zero-order chi connectivity index (χ0) is 19.5. The Morgan fingerprint density at radius 3 is 2.64 bits per heavy atom. The second-order valence-electron chi connectivity index (χ2n) is 6.74. The Kier molecular flexibility index (Phi) is 5.17. The molecule has 0 bridgehead atoms. The Labute approximate surface area is 168 Å². The van der Waals surface area contributed by atoms with Crippen molar-refractivity contribution < 1.29 is 4.79 Å². The Hall–Kier alpha value is -3.05. The molecule has 0 saturated carbocycles. The average molecular weight is 388 g/mol. The number of carbonyl (C=O) groups excluding carboxylic acids is 1. The fourth-order valence-electron chi connectivity index (χ4n) is 3.31. The number of anilines is 1. The maximum absolute atomic E-state index is 12.8. The molecular formula is C23H21N3OS. The van der Waals surface area contributed by atoms with Gasteiger partial charge in [-0.2, -0.15) is 0 Å². The van der Waals surface area contributed by atoms with Gasteiger partial charge in [-0.25, -0.2) is 9.97 Å². The SMILES string of the molecule is CCC(C(=O)Nc1ccc(-c2nc3cccnc3s2)cc1C)c1ccccc1. The first-order chi connectivity index (χ1) is 13.7. The van der Waals surface area contributed by atoms with Crippen LogP contribution in [-0.4, -0.2) is 15.9 Å². The van der Waals surface area contributed by atoms with Gasteiger partial charge >= 0.3 is 0 Å². The van der Waals surface area contributed by atoms with Crippen molar-refractivity contribution in [3.05, 3.63) is 78.0 Å². The molecule has 2 aromatic carbocycles. The summed E-state index contributed by atoms with van der Waals surface area (Å²) in [5.74, 6) is -0.135. The van der Waals surface area contributed by atoms with E-state index in [9.17, 15) is 4.79 Å². The predicted octanol–water partition coefficient (Wildman–Crippen LogP) is 5.80. The number of nitrogens with zero attached hydrogens (tertiary/aromatic N) is 2. The molecule has 4 nitrogen and oxygen atoms in total. The van der Waals surface area contributed by atoms with Gasteiger partial charge in [0.15, 0.2) is 0 Å². The Morgan fingerprint density at radius 2 is 1.93 bits per heavy atom. The van der Waals surface area contributed by atoms with E-state index in [2.05, 4.69) is 21.4 Å². The Morgan fingerprint density at radius 1 is 1.11 bits per heavy atom. The van der Waals surface area contributed by atoms with Gasteiger partial charge in [-0.3, -0.25) is 4.79 Å². The van der Waals surface area contributed by atoms with Crippen LogP contribution in [0.1, 0.15) is 30.4 Å². The van der Waals surface area contributed by atoms with Crippen LogP contribution in [0, 0.1) is 6.92 Å². The largest absolute Gasteiger partial charge is 0.325 e. The molecule has 0 saturated heterocycles. The lowest BCUT2D eigenvalue weighted by Gasteiger charge is -2.17. The molecule has 0 aliphatic rings. The third-order valence-corrected chi connectivity index (χ3v) is 5.85. The smallest absolute Gasteiger partial charge is 0.231 e. The molecule has 28 heavy (non-hydrogen) atoms.